The second kappa shape index (κ2) is 7.11. The zero-order valence-electron chi connectivity index (χ0n) is 9.94. The minimum absolute atomic E-state index is 0.161. The van der Waals surface area contributed by atoms with Crippen molar-refractivity contribution in [3.8, 4) is 0 Å². The van der Waals surface area contributed by atoms with E-state index in [4.69, 9.17) is 10.6 Å². The van der Waals surface area contributed by atoms with Gasteiger partial charge in [0.05, 0.1) is 6.10 Å². The zero-order chi connectivity index (χ0) is 12.0. The molecular formula is C10H21N3O2S. The molecule has 1 aliphatic heterocycles. The molecule has 0 aliphatic carbocycles. The third-order valence-corrected chi connectivity index (χ3v) is 3.33. The van der Waals surface area contributed by atoms with Gasteiger partial charge in [0.2, 0.25) is 0 Å². The van der Waals surface area contributed by atoms with Gasteiger partial charge in [-0.2, -0.15) is 11.8 Å². The van der Waals surface area contributed by atoms with Crippen LogP contribution in [0.4, 0.5) is 0 Å². The van der Waals surface area contributed by atoms with Crippen LogP contribution in [-0.4, -0.2) is 55.2 Å². The predicted molar refractivity (Wildman–Crippen MR) is 66.1 cm³/mol. The summed E-state index contributed by atoms with van der Waals surface area (Å²) in [4.78, 5) is 13.5. The number of likely N-dealkylation sites (N-methyl/N-ethyl adjacent to an activating group) is 1. The third kappa shape index (κ3) is 4.29. The molecular weight excluding hydrogens is 226 g/mol. The molecule has 1 aliphatic rings. The van der Waals surface area contributed by atoms with Gasteiger partial charge in [0.1, 0.15) is 6.10 Å². The summed E-state index contributed by atoms with van der Waals surface area (Å²) in [5, 5.41) is 0. The lowest BCUT2D eigenvalue weighted by molar-refractivity contribution is -0.132. The molecule has 6 heteroatoms. The highest BCUT2D eigenvalue weighted by molar-refractivity contribution is 7.98. The number of thioether (sulfide) groups is 1. The molecule has 1 saturated heterocycles. The smallest absolute Gasteiger partial charge is 0.263 e. The van der Waals surface area contributed by atoms with E-state index < -0.39 is 0 Å². The molecule has 0 spiro atoms. The van der Waals surface area contributed by atoms with Crippen molar-refractivity contribution in [1.82, 2.24) is 10.3 Å². The van der Waals surface area contributed by atoms with Crippen molar-refractivity contribution >= 4 is 17.7 Å². The van der Waals surface area contributed by atoms with E-state index in [-0.39, 0.29) is 18.1 Å². The highest BCUT2D eigenvalue weighted by Crippen LogP contribution is 2.20. The molecule has 1 heterocycles. The largest absolute Gasteiger partial charge is 0.364 e. The molecule has 3 N–H and O–H groups in total. The molecule has 0 aromatic carbocycles. The predicted octanol–water partition coefficient (Wildman–Crippen LogP) is -0.181. The molecule has 2 atom stereocenters. The number of rotatable bonds is 6. The summed E-state index contributed by atoms with van der Waals surface area (Å²) in [5.41, 5.74) is 2.13. The van der Waals surface area contributed by atoms with E-state index >= 15 is 0 Å². The number of carbonyl (C=O) groups excluding carboxylic acids is 1. The van der Waals surface area contributed by atoms with E-state index in [1.165, 1.54) is 0 Å². The number of ether oxygens (including phenoxy) is 1. The fourth-order valence-electron chi connectivity index (χ4n) is 1.81. The molecule has 0 radical (unpaired) electrons. The number of hydrogen-bond donors (Lipinski definition) is 2. The topological polar surface area (TPSA) is 67.6 Å². The normalized spacial score (nSPS) is 25.0. The molecule has 0 bridgehead atoms. The van der Waals surface area contributed by atoms with Crippen molar-refractivity contribution in [3.63, 3.8) is 0 Å². The molecule has 0 saturated carbocycles. The van der Waals surface area contributed by atoms with E-state index in [0.717, 1.165) is 31.7 Å². The molecule has 94 valence electrons. The van der Waals surface area contributed by atoms with Gasteiger partial charge in [0.15, 0.2) is 0 Å². The number of amides is 1. The summed E-state index contributed by atoms with van der Waals surface area (Å²) in [5.74, 6) is 5.98. The summed E-state index contributed by atoms with van der Waals surface area (Å²) in [7, 11) is 2.08. The Labute approximate surface area is 101 Å². The van der Waals surface area contributed by atoms with Gasteiger partial charge < -0.3 is 9.64 Å². The summed E-state index contributed by atoms with van der Waals surface area (Å²) >= 11 is 1.83. The van der Waals surface area contributed by atoms with Crippen LogP contribution >= 0.6 is 11.8 Å². The van der Waals surface area contributed by atoms with Gasteiger partial charge in [-0.25, -0.2) is 5.84 Å². The SMILES string of the molecule is CSCCN(C)CC1CCC(C(=O)NN)O1. The molecule has 16 heavy (non-hydrogen) atoms. The minimum Gasteiger partial charge on any atom is -0.364 e. The maximum atomic E-state index is 11.2. The first-order chi connectivity index (χ1) is 7.67. The van der Waals surface area contributed by atoms with Crippen molar-refractivity contribution in [2.45, 2.75) is 25.0 Å². The van der Waals surface area contributed by atoms with Crippen molar-refractivity contribution in [1.29, 1.82) is 0 Å². The fraction of sp³-hybridized carbons (Fsp3) is 0.900. The van der Waals surface area contributed by atoms with Crippen molar-refractivity contribution < 1.29 is 9.53 Å². The Morgan fingerprint density at radius 3 is 3.00 bits per heavy atom. The number of nitrogens with two attached hydrogens (primary N) is 1. The fourth-order valence-corrected chi connectivity index (χ4v) is 2.31. The molecule has 1 amide bonds. The van der Waals surface area contributed by atoms with Crippen LogP contribution in [0.5, 0.6) is 0 Å². The van der Waals surface area contributed by atoms with Gasteiger partial charge in [-0.1, -0.05) is 0 Å². The monoisotopic (exact) mass is 247 g/mol. The Balaban J connectivity index is 2.23. The van der Waals surface area contributed by atoms with Crippen molar-refractivity contribution in [2.24, 2.45) is 5.84 Å². The standard InChI is InChI=1S/C10H21N3O2S/c1-13(5-6-16-2)7-8-3-4-9(15-8)10(14)12-11/h8-9H,3-7,11H2,1-2H3,(H,12,14). The quantitative estimate of drug-likeness (QED) is 0.387. The zero-order valence-corrected chi connectivity index (χ0v) is 10.8. The summed E-state index contributed by atoms with van der Waals surface area (Å²) in [6.07, 6.45) is 3.60. The highest BCUT2D eigenvalue weighted by atomic mass is 32.2. The van der Waals surface area contributed by atoms with Crippen LogP contribution in [-0.2, 0) is 9.53 Å². The van der Waals surface area contributed by atoms with Crippen LogP contribution in [0, 0.1) is 0 Å². The average molecular weight is 247 g/mol. The molecule has 2 unspecified atom stereocenters. The van der Waals surface area contributed by atoms with Gasteiger partial charge >= 0.3 is 0 Å². The van der Waals surface area contributed by atoms with Crippen molar-refractivity contribution in [3.05, 3.63) is 0 Å². The lowest BCUT2D eigenvalue weighted by atomic mass is 10.2. The van der Waals surface area contributed by atoms with E-state index in [0.29, 0.717) is 0 Å². The van der Waals surface area contributed by atoms with Crippen LogP contribution < -0.4 is 11.3 Å². The average Bonchev–Trinajstić information content (AvgIpc) is 2.73. The maximum Gasteiger partial charge on any atom is 0.263 e. The van der Waals surface area contributed by atoms with Crippen LogP contribution in [0.15, 0.2) is 0 Å². The summed E-state index contributed by atoms with van der Waals surface area (Å²) < 4.78 is 5.62. The van der Waals surface area contributed by atoms with Crippen LogP contribution in [0.2, 0.25) is 0 Å². The first kappa shape index (κ1) is 13.8. The Hall–Kier alpha value is -0.300. The van der Waals surface area contributed by atoms with E-state index in [9.17, 15) is 4.79 Å². The van der Waals surface area contributed by atoms with Crippen molar-refractivity contribution in [2.75, 3.05) is 32.1 Å². The minimum atomic E-state index is -0.357. The third-order valence-electron chi connectivity index (χ3n) is 2.73. The van der Waals surface area contributed by atoms with E-state index in [2.05, 4.69) is 23.6 Å². The molecule has 1 fully saturated rings. The lowest BCUT2D eigenvalue weighted by Gasteiger charge is -2.20. The molecule has 0 aromatic rings. The lowest BCUT2D eigenvalue weighted by Crippen LogP contribution is -2.40. The second-order valence-corrected chi connectivity index (χ2v) is 5.07. The summed E-state index contributed by atoms with van der Waals surface area (Å²) in [6.45, 7) is 1.93. The Bertz CT molecular complexity index is 228. The molecule has 1 rings (SSSR count). The molecule has 5 nitrogen and oxygen atoms in total. The highest BCUT2D eigenvalue weighted by Gasteiger charge is 2.30. The number of nitrogens with zero attached hydrogens (tertiary/aromatic N) is 1. The Kier molecular flexibility index (Phi) is 6.12. The van der Waals surface area contributed by atoms with Crippen LogP contribution in [0.3, 0.4) is 0 Å². The van der Waals surface area contributed by atoms with E-state index in [1.54, 1.807) is 0 Å². The number of hydrogen-bond acceptors (Lipinski definition) is 5. The Morgan fingerprint density at radius 2 is 2.38 bits per heavy atom. The van der Waals surface area contributed by atoms with Crippen LogP contribution in [0.1, 0.15) is 12.8 Å². The van der Waals surface area contributed by atoms with Gasteiger partial charge in [-0.15, -0.1) is 0 Å². The number of carbonyl (C=O) groups is 1. The van der Waals surface area contributed by atoms with Gasteiger partial charge in [0.25, 0.3) is 5.91 Å². The number of hydrazine groups is 1. The number of nitrogens with one attached hydrogen (secondary N) is 1. The Morgan fingerprint density at radius 1 is 1.62 bits per heavy atom. The first-order valence-corrected chi connectivity index (χ1v) is 6.90. The van der Waals surface area contributed by atoms with E-state index in [1.807, 2.05) is 11.8 Å². The van der Waals surface area contributed by atoms with Gasteiger partial charge in [0, 0.05) is 18.8 Å². The maximum absolute atomic E-state index is 11.2. The van der Waals surface area contributed by atoms with Gasteiger partial charge in [-0.3, -0.25) is 10.2 Å². The van der Waals surface area contributed by atoms with Gasteiger partial charge in [-0.05, 0) is 26.1 Å². The first-order valence-electron chi connectivity index (χ1n) is 5.50. The molecule has 0 aromatic heterocycles. The summed E-state index contributed by atoms with van der Waals surface area (Å²) in [6, 6.07) is 0. The van der Waals surface area contributed by atoms with Crippen LogP contribution in [0.25, 0.3) is 0 Å². The second-order valence-electron chi connectivity index (χ2n) is 4.09.